The number of fused-ring (bicyclic) bond motifs is 1. The minimum atomic E-state index is -3.87. The minimum Gasteiger partial charge on any atom is -0.358 e. The van der Waals surface area contributed by atoms with Crippen molar-refractivity contribution in [2.45, 2.75) is 44.0 Å². The largest absolute Gasteiger partial charge is 0.358 e. The Kier molecular flexibility index (Phi) is 7.82. The molecule has 1 saturated heterocycles. The van der Waals surface area contributed by atoms with Gasteiger partial charge in [0.15, 0.2) is 0 Å². The summed E-state index contributed by atoms with van der Waals surface area (Å²) < 4.78 is 28.9. The van der Waals surface area contributed by atoms with E-state index in [-0.39, 0.29) is 16.7 Å². The molecule has 0 spiro atoms. The van der Waals surface area contributed by atoms with Crippen molar-refractivity contribution < 1.29 is 18.0 Å². The van der Waals surface area contributed by atoms with Gasteiger partial charge in [-0.2, -0.15) is 0 Å². The maximum atomic E-state index is 13.1. The van der Waals surface area contributed by atoms with Crippen LogP contribution in [-0.4, -0.2) is 62.3 Å². The number of nitrogens with zero attached hydrogens (tertiary/aromatic N) is 1. The number of H-pyrrole nitrogens is 1. The van der Waals surface area contributed by atoms with Crippen LogP contribution in [0.25, 0.3) is 11.6 Å². The van der Waals surface area contributed by atoms with E-state index in [1.165, 1.54) is 25.0 Å². The number of aromatic nitrogens is 1. The zero-order valence-corrected chi connectivity index (χ0v) is 23.5. The lowest BCUT2D eigenvalue weighted by molar-refractivity contribution is -0.110. The Morgan fingerprint density at radius 3 is 2.74 bits per heavy atom. The van der Waals surface area contributed by atoms with Gasteiger partial charge in [0.25, 0.3) is 11.8 Å². The summed E-state index contributed by atoms with van der Waals surface area (Å²) in [4.78, 5) is 31.5. The number of amides is 2. The van der Waals surface area contributed by atoms with Crippen LogP contribution in [-0.2, 0) is 14.8 Å². The number of benzene rings is 1. The number of carbonyl (C=O) groups is 2. The van der Waals surface area contributed by atoms with Gasteiger partial charge in [0.05, 0.1) is 16.0 Å². The lowest BCUT2D eigenvalue weighted by Gasteiger charge is -2.17. The van der Waals surface area contributed by atoms with Crippen LogP contribution in [0.3, 0.4) is 0 Å². The van der Waals surface area contributed by atoms with E-state index < -0.39 is 16.1 Å². The lowest BCUT2D eigenvalue weighted by Crippen LogP contribution is -2.34. The molecule has 1 atom stereocenters. The van der Waals surface area contributed by atoms with E-state index in [0.717, 1.165) is 25.2 Å². The predicted octanol–water partition coefficient (Wildman–Crippen LogP) is 3.68. The van der Waals surface area contributed by atoms with Crippen molar-refractivity contribution in [1.29, 1.82) is 0 Å². The van der Waals surface area contributed by atoms with Crippen LogP contribution < -0.4 is 15.4 Å². The molecule has 5 rings (SSSR count). The quantitative estimate of drug-likeness (QED) is 0.361. The highest BCUT2D eigenvalue weighted by atomic mass is 35.5. The number of carbonyl (C=O) groups excluding carboxylic acids is 2. The second-order valence-electron chi connectivity index (χ2n) is 10.1. The smallest absolute Gasteiger partial charge is 0.256 e. The fourth-order valence-corrected chi connectivity index (χ4v) is 6.76. The first kappa shape index (κ1) is 27.4. The third-order valence-corrected chi connectivity index (χ3v) is 9.06. The molecule has 2 aliphatic heterocycles. The molecule has 1 unspecified atom stereocenters. The summed E-state index contributed by atoms with van der Waals surface area (Å²) in [6, 6.07) is 4.07. The molecule has 0 radical (unpaired) electrons. The second-order valence-corrected chi connectivity index (χ2v) is 12.3. The number of allylic oxidation sites excluding steroid dienone is 2. The molecule has 3 heterocycles. The SMILES string of the molecule is Cc1[nH]c(C=C2C(=O)Nc3ccc(S(=O)(=O)NC4C=C(Cl)C=CC4)cc32)c(C)c1C(=O)NCCN1CCCC1. The summed E-state index contributed by atoms with van der Waals surface area (Å²) >= 11 is 6.03. The Hall–Kier alpha value is -3.18. The van der Waals surface area contributed by atoms with Crippen LogP contribution in [0.4, 0.5) is 5.69 Å². The average Bonchev–Trinajstić information content (AvgIpc) is 3.57. The Bertz CT molecular complexity index is 1520. The molecule has 1 aromatic carbocycles. The number of rotatable bonds is 8. The van der Waals surface area contributed by atoms with Crippen LogP contribution in [0.15, 0.2) is 46.4 Å². The number of nitrogens with one attached hydrogen (secondary N) is 4. The van der Waals surface area contributed by atoms with Gasteiger partial charge in [-0.15, -0.1) is 0 Å². The fourth-order valence-electron chi connectivity index (χ4n) is 5.30. The Morgan fingerprint density at radius 1 is 1.23 bits per heavy atom. The zero-order valence-electron chi connectivity index (χ0n) is 21.9. The van der Waals surface area contributed by atoms with E-state index >= 15 is 0 Å². The van der Waals surface area contributed by atoms with Crippen LogP contribution in [0.2, 0.25) is 0 Å². The third kappa shape index (κ3) is 5.89. The van der Waals surface area contributed by atoms with Crippen molar-refractivity contribution >= 4 is 50.8 Å². The van der Waals surface area contributed by atoms with Crippen molar-refractivity contribution in [1.82, 2.24) is 19.9 Å². The van der Waals surface area contributed by atoms with Gasteiger partial charge < -0.3 is 20.5 Å². The topological polar surface area (TPSA) is 123 Å². The molecule has 11 heteroatoms. The van der Waals surface area contributed by atoms with Gasteiger partial charge in [0.2, 0.25) is 10.0 Å². The number of hydrogen-bond acceptors (Lipinski definition) is 5. The van der Waals surface area contributed by atoms with Crippen LogP contribution in [0, 0.1) is 13.8 Å². The standard InChI is InChI=1S/C28H32ClN5O4S/c1-17-25(31-18(2)26(17)28(36)30-10-13-34-11-3-4-12-34)16-23-22-15-21(8-9-24(22)32-27(23)35)39(37,38)33-20-7-5-6-19(29)14-20/h5-6,8-9,14-16,20,31,33H,3-4,7,10-13H2,1-2H3,(H,30,36)(H,32,35). The molecule has 39 heavy (non-hydrogen) atoms. The zero-order chi connectivity index (χ0) is 27.7. The van der Waals surface area contributed by atoms with E-state index in [9.17, 15) is 18.0 Å². The first-order valence-electron chi connectivity index (χ1n) is 13.1. The summed E-state index contributed by atoms with van der Waals surface area (Å²) in [5.41, 5.74) is 3.91. The van der Waals surface area contributed by atoms with E-state index in [0.29, 0.717) is 51.8 Å². The van der Waals surface area contributed by atoms with Gasteiger partial charge in [-0.3, -0.25) is 9.59 Å². The molecule has 4 N–H and O–H groups in total. The monoisotopic (exact) mass is 569 g/mol. The van der Waals surface area contributed by atoms with E-state index in [2.05, 4.69) is 25.2 Å². The van der Waals surface area contributed by atoms with Crippen molar-refractivity contribution in [3.63, 3.8) is 0 Å². The van der Waals surface area contributed by atoms with Crippen LogP contribution >= 0.6 is 11.6 Å². The lowest BCUT2D eigenvalue weighted by atomic mass is 10.0. The Labute approximate surface area is 233 Å². The Morgan fingerprint density at radius 2 is 2.00 bits per heavy atom. The first-order valence-corrected chi connectivity index (χ1v) is 14.9. The summed E-state index contributed by atoms with van der Waals surface area (Å²) in [5, 5.41) is 6.28. The molecule has 3 aliphatic rings. The van der Waals surface area contributed by atoms with E-state index in [4.69, 9.17) is 11.6 Å². The average molecular weight is 570 g/mol. The van der Waals surface area contributed by atoms with Crippen LogP contribution in [0.5, 0.6) is 0 Å². The molecule has 206 valence electrons. The normalized spacial score (nSPS) is 20.3. The molecule has 2 aromatic rings. The number of aryl methyl sites for hydroxylation is 1. The summed E-state index contributed by atoms with van der Waals surface area (Å²) in [6.45, 7) is 7.19. The number of hydrogen-bond donors (Lipinski definition) is 4. The Balaban J connectivity index is 1.37. The van der Waals surface area contributed by atoms with Crippen LogP contribution in [0.1, 0.15) is 52.1 Å². The second kappa shape index (κ2) is 11.1. The van der Waals surface area contributed by atoms with Gasteiger partial charge in [0, 0.05) is 46.8 Å². The summed E-state index contributed by atoms with van der Waals surface area (Å²) in [5.74, 6) is -0.504. The third-order valence-electron chi connectivity index (χ3n) is 7.32. The van der Waals surface area contributed by atoms with Crippen molar-refractivity contribution in [3.05, 3.63) is 69.5 Å². The van der Waals surface area contributed by atoms with Crippen molar-refractivity contribution in [3.8, 4) is 0 Å². The van der Waals surface area contributed by atoms with Gasteiger partial charge in [0.1, 0.15) is 0 Å². The van der Waals surface area contributed by atoms with Crippen molar-refractivity contribution in [2.24, 2.45) is 0 Å². The highest BCUT2D eigenvalue weighted by molar-refractivity contribution is 7.89. The highest BCUT2D eigenvalue weighted by Crippen LogP contribution is 2.35. The number of sulfonamides is 1. The van der Waals surface area contributed by atoms with Crippen molar-refractivity contribution in [2.75, 3.05) is 31.5 Å². The van der Waals surface area contributed by atoms with E-state index in [1.807, 2.05) is 19.9 Å². The molecule has 0 saturated carbocycles. The van der Waals surface area contributed by atoms with E-state index in [1.54, 1.807) is 24.3 Å². The molecular weight excluding hydrogens is 538 g/mol. The van der Waals surface area contributed by atoms with Gasteiger partial charge >= 0.3 is 0 Å². The summed E-state index contributed by atoms with van der Waals surface area (Å²) in [7, 11) is -3.87. The summed E-state index contributed by atoms with van der Waals surface area (Å²) in [6.07, 6.45) is 9.75. The fraction of sp³-hybridized carbons (Fsp3) is 0.357. The number of likely N-dealkylation sites (tertiary alicyclic amines) is 1. The van der Waals surface area contributed by atoms with Gasteiger partial charge in [-0.1, -0.05) is 17.7 Å². The molecular formula is C28H32ClN5O4S. The van der Waals surface area contributed by atoms with Gasteiger partial charge in [-0.25, -0.2) is 13.1 Å². The molecule has 0 bridgehead atoms. The first-order chi connectivity index (χ1) is 18.6. The van der Waals surface area contributed by atoms with Gasteiger partial charge in [-0.05, 0) is 88.2 Å². The molecule has 1 aromatic heterocycles. The number of anilines is 1. The molecule has 1 fully saturated rings. The molecule has 9 nitrogen and oxygen atoms in total. The molecule has 1 aliphatic carbocycles. The minimum absolute atomic E-state index is 0.0418. The maximum absolute atomic E-state index is 13.1. The molecule has 2 amide bonds. The predicted molar refractivity (Wildman–Crippen MR) is 153 cm³/mol. The maximum Gasteiger partial charge on any atom is 0.256 e. The number of halogens is 1. The number of aromatic amines is 1. The highest BCUT2D eigenvalue weighted by Gasteiger charge is 2.29.